The first-order valence-electron chi connectivity index (χ1n) is 7.88. The van der Waals surface area contributed by atoms with Crippen LogP contribution in [0.5, 0.6) is 0 Å². The van der Waals surface area contributed by atoms with Crippen molar-refractivity contribution in [3.8, 4) is 11.8 Å². The molecule has 0 unspecified atom stereocenters. The number of nitrogens with one attached hydrogen (secondary N) is 2. The van der Waals surface area contributed by atoms with E-state index in [2.05, 4.69) is 36.1 Å². The molecule has 0 aliphatic carbocycles. The van der Waals surface area contributed by atoms with E-state index in [1.165, 1.54) is 23.1 Å². The SMILES string of the molecule is Cc1cc2nn(-c3ccc(F)cc3)nc2cc1NC=C(C#N)c1nn[nH]n1. The molecule has 2 heterocycles. The lowest BCUT2D eigenvalue weighted by Gasteiger charge is -2.05. The summed E-state index contributed by atoms with van der Waals surface area (Å²) in [6.07, 6.45) is 1.50. The highest BCUT2D eigenvalue weighted by Crippen LogP contribution is 2.23. The summed E-state index contributed by atoms with van der Waals surface area (Å²) in [5, 5.41) is 34.5. The van der Waals surface area contributed by atoms with Gasteiger partial charge in [-0.25, -0.2) is 4.39 Å². The quantitative estimate of drug-likeness (QED) is 0.535. The first kappa shape index (κ1) is 16.3. The minimum atomic E-state index is -0.320. The highest BCUT2D eigenvalue weighted by atomic mass is 19.1. The fourth-order valence-corrected chi connectivity index (χ4v) is 2.49. The Hall–Kier alpha value is -4.13. The van der Waals surface area contributed by atoms with E-state index >= 15 is 0 Å². The Labute approximate surface area is 152 Å². The van der Waals surface area contributed by atoms with Gasteiger partial charge in [-0.3, -0.25) is 0 Å². The number of benzene rings is 2. The number of H-pyrrole nitrogens is 1. The van der Waals surface area contributed by atoms with E-state index in [0.717, 1.165) is 11.3 Å². The number of aromatic amines is 1. The fourth-order valence-electron chi connectivity index (χ4n) is 2.49. The second kappa shape index (κ2) is 6.64. The molecule has 0 spiro atoms. The zero-order valence-electron chi connectivity index (χ0n) is 14.0. The molecule has 0 aliphatic heterocycles. The minimum Gasteiger partial charge on any atom is -0.360 e. The number of nitrogens with zero attached hydrogens (tertiary/aromatic N) is 7. The van der Waals surface area contributed by atoms with Crippen LogP contribution < -0.4 is 5.32 Å². The van der Waals surface area contributed by atoms with Crippen LogP contribution in [0.3, 0.4) is 0 Å². The van der Waals surface area contributed by atoms with Crippen LogP contribution in [0.1, 0.15) is 11.4 Å². The van der Waals surface area contributed by atoms with Crippen LogP contribution in [0.2, 0.25) is 0 Å². The maximum absolute atomic E-state index is 13.1. The predicted octanol–water partition coefficient (Wildman–Crippen LogP) is 2.36. The van der Waals surface area contributed by atoms with Crippen molar-refractivity contribution in [2.45, 2.75) is 6.92 Å². The number of halogens is 1. The molecule has 2 aromatic carbocycles. The van der Waals surface area contributed by atoms with Crippen molar-refractivity contribution in [1.29, 1.82) is 5.26 Å². The van der Waals surface area contributed by atoms with Crippen LogP contribution in [0.25, 0.3) is 22.3 Å². The van der Waals surface area contributed by atoms with Gasteiger partial charge in [0.2, 0.25) is 5.82 Å². The topological polar surface area (TPSA) is 121 Å². The number of aryl methyl sites for hydroxylation is 1. The molecule has 0 fully saturated rings. The first-order chi connectivity index (χ1) is 13.1. The third-order valence-electron chi connectivity index (χ3n) is 3.86. The van der Waals surface area contributed by atoms with Crippen molar-refractivity contribution in [2.24, 2.45) is 0 Å². The normalized spacial score (nSPS) is 11.5. The number of tetrazole rings is 1. The highest BCUT2D eigenvalue weighted by Gasteiger charge is 2.10. The van der Waals surface area contributed by atoms with Crippen molar-refractivity contribution < 1.29 is 4.39 Å². The highest BCUT2D eigenvalue weighted by molar-refractivity contribution is 5.82. The summed E-state index contributed by atoms with van der Waals surface area (Å²) in [6, 6.07) is 11.6. The Morgan fingerprint density at radius 3 is 2.63 bits per heavy atom. The molecule has 9 nitrogen and oxygen atoms in total. The Kier molecular flexibility index (Phi) is 4.02. The number of aromatic nitrogens is 7. The molecule has 0 bridgehead atoms. The fraction of sp³-hybridized carbons (Fsp3) is 0.0588. The number of nitriles is 1. The molecular formula is C17H12FN9. The van der Waals surface area contributed by atoms with E-state index in [-0.39, 0.29) is 17.2 Å². The first-order valence-corrected chi connectivity index (χ1v) is 7.88. The number of hydrogen-bond donors (Lipinski definition) is 2. The lowest BCUT2D eigenvalue weighted by molar-refractivity contribution is 0.626. The zero-order chi connectivity index (χ0) is 18.8. The Morgan fingerprint density at radius 2 is 1.96 bits per heavy atom. The van der Waals surface area contributed by atoms with Crippen molar-refractivity contribution in [3.05, 3.63) is 59.8 Å². The van der Waals surface area contributed by atoms with E-state index in [1.54, 1.807) is 12.1 Å². The van der Waals surface area contributed by atoms with Gasteiger partial charge in [-0.15, -0.1) is 20.4 Å². The average Bonchev–Trinajstić information content (AvgIpc) is 3.33. The molecule has 2 aromatic heterocycles. The summed E-state index contributed by atoms with van der Waals surface area (Å²) in [5.74, 6) is -0.120. The minimum absolute atomic E-state index is 0.200. The summed E-state index contributed by atoms with van der Waals surface area (Å²) >= 11 is 0. The molecule has 132 valence electrons. The predicted molar refractivity (Wildman–Crippen MR) is 95.0 cm³/mol. The Balaban J connectivity index is 1.67. The molecule has 27 heavy (non-hydrogen) atoms. The molecule has 4 rings (SSSR count). The summed E-state index contributed by atoms with van der Waals surface area (Å²) in [5.41, 5.74) is 3.91. The van der Waals surface area contributed by atoms with E-state index in [1.807, 2.05) is 25.1 Å². The zero-order valence-corrected chi connectivity index (χ0v) is 14.0. The van der Waals surface area contributed by atoms with Gasteiger partial charge in [0.25, 0.3) is 0 Å². The van der Waals surface area contributed by atoms with Gasteiger partial charge in [-0.2, -0.15) is 15.3 Å². The third-order valence-corrected chi connectivity index (χ3v) is 3.86. The van der Waals surface area contributed by atoms with Gasteiger partial charge >= 0.3 is 0 Å². The number of anilines is 1. The van der Waals surface area contributed by atoms with Crippen molar-refractivity contribution in [2.75, 3.05) is 5.32 Å². The summed E-state index contributed by atoms with van der Waals surface area (Å²) in [7, 11) is 0. The second-order valence-electron chi connectivity index (χ2n) is 5.67. The Bertz CT molecular complexity index is 1170. The monoisotopic (exact) mass is 361 g/mol. The van der Waals surface area contributed by atoms with Crippen LogP contribution in [0, 0.1) is 24.1 Å². The smallest absolute Gasteiger partial charge is 0.216 e. The number of rotatable bonds is 4. The molecule has 0 saturated carbocycles. The summed E-state index contributed by atoms with van der Waals surface area (Å²) in [4.78, 5) is 1.45. The van der Waals surface area contributed by atoms with Gasteiger partial charge in [-0.05, 0) is 54.1 Å². The molecule has 4 aromatic rings. The van der Waals surface area contributed by atoms with Crippen molar-refractivity contribution >= 4 is 22.3 Å². The van der Waals surface area contributed by atoms with Crippen molar-refractivity contribution in [3.63, 3.8) is 0 Å². The largest absolute Gasteiger partial charge is 0.360 e. The lowest BCUT2D eigenvalue weighted by Crippen LogP contribution is -1.97. The van der Waals surface area contributed by atoms with E-state index < -0.39 is 0 Å². The van der Waals surface area contributed by atoms with Gasteiger partial charge in [0, 0.05) is 11.9 Å². The maximum atomic E-state index is 13.1. The summed E-state index contributed by atoms with van der Waals surface area (Å²) < 4.78 is 13.1. The van der Waals surface area contributed by atoms with Crippen LogP contribution >= 0.6 is 0 Å². The molecule has 10 heteroatoms. The van der Waals surface area contributed by atoms with Gasteiger partial charge in [-0.1, -0.05) is 0 Å². The molecule has 2 N–H and O–H groups in total. The van der Waals surface area contributed by atoms with Crippen LogP contribution in [0.4, 0.5) is 10.1 Å². The third kappa shape index (κ3) is 3.21. The van der Waals surface area contributed by atoms with Crippen LogP contribution in [0.15, 0.2) is 42.6 Å². The van der Waals surface area contributed by atoms with Crippen molar-refractivity contribution in [1.82, 2.24) is 35.6 Å². The molecule has 0 aliphatic rings. The number of allylic oxidation sites excluding steroid dienone is 1. The van der Waals surface area contributed by atoms with Crippen LogP contribution in [-0.2, 0) is 0 Å². The molecular weight excluding hydrogens is 349 g/mol. The van der Waals surface area contributed by atoms with Crippen LogP contribution in [-0.4, -0.2) is 35.6 Å². The van der Waals surface area contributed by atoms with E-state index in [4.69, 9.17) is 0 Å². The summed E-state index contributed by atoms with van der Waals surface area (Å²) in [6.45, 7) is 1.91. The second-order valence-corrected chi connectivity index (χ2v) is 5.67. The average molecular weight is 361 g/mol. The standard InChI is InChI=1S/C17H12FN9/c1-10-6-15-16(24-27(23-15)13-4-2-12(18)3-5-13)7-14(10)20-9-11(8-19)17-21-25-26-22-17/h2-7,9,20H,1H3,(H,21,22,25,26). The number of hydrogen-bond acceptors (Lipinski definition) is 7. The lowest BCUT2D eigenvalue weighted by atomic mass is 10.1. The van der Waals surface area contributed by atoms with E-state index in [0.29, 0.717) is 16.7 Å². The van der Waals surface area contributed by atoms with Gasteiger partial charge in [0.1, 0.15) is 28.5 Å². The van der Waals surface area contributed by atoms with Gasteiger partial charge < -0.3 is 5.32 Å². The van der Waals surface area contributed by atoms with E-state index in [9.17, 15) is 9.65 Å². The molecule has 0 atom stereocenters. The molecule has 0 amide bonds. The van der Waals surface area contributed by atoms with Gasteiger partial charge in [0.05, 0.1) is 5.69 Å². The van der Waals surface area contributed by atoms with Gasteiger partial charge in [0.15, 0.2) is 0 Å². The molecule has 0 saturated heterocycles. The Morgan fingerprint density at radius 1 is 1.22 bits per heavy atom. The number of fused-ring (bicyclic) bond motifs is 1. The molecule has 0 radical (unpaired) electrons. The maximum Gasteiger partial charge on any atom is 0.216 e.